The zero-order valence-corrected chi connectivity index (χ0v) is 18.4. The maximum absolute atomic E-state index is 13.0. The van der Waals surface area contributed by atoms with Crippen LogP contribution in [0.15, 0.2) is 53.4 Å². The Morgan fingerprint density at radius 2 is 1.44 bits per heavy atom. The predicted molar refractivity (Wildman–Crippen MR) is 110 cm³/mol. The Morgan fingerprint density at radius 1 is 0.941 bits per heavy atom. The molecule has 2 aromatic carbocycles. The Balaban J connectivity index is 2.29. The average Bonchev–Trinajstić information content (AvgIpc) is 2.76. The van der Waals surface area contributed by atoms with E-state index in [2.05, 4.69) is 5.32 Å². The van der Waals surface area contributed by atoms with Crippen molar-refractivity contribution >= 4 is 21.4 Å². The molecule has 1 amide bonds. The van der Waals surface area contributed by atoms with Gasteiger partial charge in [0.15, 0.2) is 9.84 Å². The third-order valence-corrected chi connectivity index (χ3v) is 6.90. The van der Waals surface area contributed by atoms with E-state index in [0.29, 0.717) is 17.7 Å². The van der Waals surface area contributed by atoms with Crippen LogP contribution in [0.5, 0.6) is 0 Å². The lowest BCUT2D eigenvalue weighted by molar-refractivity contribution is -0.376. The van der Waals surface area contributed by atoms with Gasteiger partial charge in [0, 0.05) is 17.9 Å². The number of aliphatic hydroxyl groups is 2. The molecule has 0 fully saturated rings. The van der Waals surface area contributed by atoms with Crippen LogP contribution in [0, 0.1) is 0 Å². The minimum atomic E-state index is -6.04. The van der Waals surface area contributed by atoms with Crippen molar-refractivity contribution in [3.63, 3.8) is 0 Å². The molecular formula is C21H21F6NO5S. The first kappa shape index (κ1) is 27.6. The number of carbonyl (C=O) groups is 1. The second kappa shape index (κ2) is 9.92. The summed E-state index contributed by atoms with van der Waals surface area (Å²) >= 11 is 0. The molecule has 3 N–H and O–H groups in total. The first-order valence-corrected chi connectivity index (χ1v) is 11.4. The highest BCUT2D eigenvalue weighted by Gasteiger charge is 2.71. The van der Waals surface area contributed by atoms with Gasteiger partial charge in [0.25, 0.3) is 5.60 Å². The number of rotatable bonds is 8. The fourth-order valence-electron chi connectivity index (χ4n) is 3.16. The lowest BCUT2D eigenvalue weighted by Crippen LogP contribution is -2.53. The monoisotopic (exact) mass is 513 g/mol. The molecule has 34 heavy (non-hydrogen) atoms. The predicted octanol–water partition coefficient (Wildman–Crippen LogP) is 3.90. The van der Waals surface area contributed by atoms with E-state index in [9.17, 15) is 49.8 Å². The van der Waals surface area contributed by atoms with E-state index in [1.807, 2.05) is 0 Å². The standard InChI is InChI=1S/C21H21F6NO5S/c1-2-34(32,33)16-9-3-13(4-10-16)17(11-12-29)18(30)28-15-7-5-14(6-8-15)19(31,20(22,23)24)21(25,26)27/h3-10,17,29,31H,2,11-12H2,1H3,(H,28,30). The Labute approximate surface area is 191 Å². The summed E-state index contributed by atoms with van der Waals surface area (Å²) in [4.78, 5) is 12.7. The van der Waals surface area contributed by atoms with E-state index in [4.69, 9.17) is 0 Å². The maximum Gasteiger partial charge on any atom is 0.430 e. The van der Waals surface area contributed by atoms with Gasteiger partial charge in [0.05, 0.1) is 16.6 Å². The highest BCUT2D eigenvalue weighted by Crippen LogP contribution is 2.50. The second-order valence-corrected chi connectivity index (χ2v) is 9.59. The number of hydrogen-bond acceptors (Lipinski definition) is 5. The number of anilines is 1. The summed E-state index contributed by atoms with van der Waals surface area (Å²) in [5.41, 5.74) is -6.40. The summed E-state index contributed by atoms with van der Waals surface area (Å²) in [5.74, 6) is -1.87. The number of benzene rings is 2. The van der Waals surface area contributed by atoms with Crippen molar-refractivity contribution in [1.29, 1.82) is 0 Å². The van der Waals surface area contributed by atoms with Gasteiger partial charge in [-0.25, -0.2) is 8.42 Å². The quantitative estimate of drug-likeness (QED) is 0.465. The second-order valence-electron chi connectivity index (χ2n) is 7.31. The summed E-state index contributed by atoms with van der Waals surface area (Å²) < 4.78 is 102. The van der Waals surface area contributed by atoms with Crippen LogP contribution in [0.2, 0.25) is 0 Å². The molecule has 0 saturated heterocycles. The Hall–Kier alpha value is -2.64. The molecule has 2 rings (SSSR count). The van der Waals surface area contributed by atoms with Crippen molar-refractivity contribution < 1.29 is 49.8 Å². The minimum Gasteiger partial charge on any atom is -0.396 e. The van der Waals surface area contributed by atoms with E-state index in [1.54, 1.807) is 0 Å². The molecule has 6 nitrogen and oxygen atoms in total. The lowest BCUT2D eigenvalue weighted by Gasteiger charge is -2.32. The van der Waals surface area contributed by atoms with Crippen molar-refractivity contribution in [2.45, 2.75) is 42.1 Å². The molecule has 2 aromatic rings. The topological polar surface area (TPSA) is 104 Å². The van der Waals surface area contributed by atoms with Gasteiger partial charge < -0.3 is 15.5 Å². The highest BCUT2D eigenvalue weighted by molar-refractivity contribution is 7.91. The molecule has 0 aromatic heterocycles. The minimum absolute atomic E-state index is 0.0271. The molecule has 1 unspecified atom stereocenters. The van der Waals surface area contributed by atoms with Crippen LogP contribution in [0.25, 0.3) is 0 Å². The van der Waals surface area contributed by atoms with Crippen LogP contribution in [-0.4, -0.2) is 49.3 Å². The largest absolute Gasteiger partial charge is 0.430 e. The smallest absolute Gasteiger partial charge is 0.396 e. The third-order valence-electron chi connectivity index (χ3n) is 5.15. The summed E-state index contributed by atoms with van der Waals surface area (Å²) in [7, 11) is -3.49. The third kappa shape index (κ3) is 5.53. The summed E-state index contributed by atoms with van der Waals surface area (Å²) in [6.07, 6.45) is -12.2. The molecule has 13 heteroatoms. The molecule has 0 aliphatic heterocycles. The van der Waals surface area contributed by atoms with Crippen LogP contribution in [0.4, 0.5) is 32.0 Å². The van der Waals surface area contributed by atoms with E-state index in [1.165, 1.54) is 31.2 Å². The van der Waals surface area contributed by atoms with Crippen LogP contribution >= 0.6 is 0 Å². The number of halogens is 6. The van der Waals surface area contributed by atoms with Gasteiger partial charge in [0.1, 0.15) is 0 Å². The summed E-state index contributed by atoms with van der Waals surface area (Å²) in [6, 6.07) is 7.64. The van der Waals surface area contributed by atoms with Crippen LogP contribution < -0.4 is 5.32 Å². The molecule has 1 atom stereocenters. The number of nitrogens with one attached hydrogen (secondary N) is 1. The molecule has 188 valence electrons. The van der Waals surface area contributed by atoms with E-state index >= 15 is 0 Å². The van der Waals surface area contributed by atoms with Gasteiger partial charge >= 0.3 is 12.4 Å². The Morgan fingerprint density at radius 3 is 1.85 bits per heavy atom. The van der Waals surface area contributed by atoms with Crippen molar-refractivity contribution in [3.8, 4) is 0 Å². The van der Waals surface area contributed by atoms with E-state index < -0.39 is 51.8 Å². The lowest BCUT2D eigenvalue weighted by atomic mass is 9.92. The number of sulfone groups is 1. The number of amides is 1. The fraction of sp³-hybridized carbons (Fsp3) is 0.381. The Kier molecular flexibility index (Phi) is 8.05. The van der Waals surface area contributed by atoms with Gasteiger partial charge in [-0.05, 0) is 36.2 Å². The first-order chi connectivity index (χ1) is 15.6. The van der Waals surface area contributed by atoms with Gasteiger partial charge in [-0.3, -0.25) is 4.79 Å². The highest BCUT2D eigenvalue weighted by atomic mass is 32.2. The van der Waals surface area contributed by atoms with Crippen LogP contribution in [0.1, 0.15) is 30.4 Å². The molecule has 0 heterocycles. The number of aliphatic hydroxyl groups excluding tert-OH is 1. The van der Waals surface area contributed by atoms with Gasteiger partial charge in [0.2, 0.25) is 5.91 Å². The summed E-state index contributed by atoms with van der Waals surface area (Å²) in [6.45, 7) is 1.02. The fourth-order valence-corrected chi connectivity index (χ4v) is 4.05. The van der Waals surface area contributed by atoms with Crippen molar-refractivity contribution in [2.24, 2.45) is 0 Å². The normalized spacial score (nSPS) is 14.0. The number of hydrogen-bond donors (Lipinski definition) is 3. The van der Waals surface area contributed by atoms with E-state index in [0.717, 1.165) is 12.1 Å². The SMILES string of the molecule is CCS(=O)(=O)c1ccc(C(CCO)C(=O)Nc2ccc(C(O)(C(F)(F)F)C(F)(F)F)cc2)cc1. The van der Waals surface area contributed by atoms with Crippen molar-refractivity contribution in [2.75, 3.05) is 17.7 Å². The van der Waals surface area contributed by atoms with Crippen LogP contribution in [0.3, 0.4) is 0 Å². The maximum atomic E-state index is 13.0. The van der Waals surface area contributed by atoms with Crippen LogP contribution in [-0.2, 0) is 20.2 Å². The summed E-state index contributed by atoms with van der Waals surface area (Å²) in [5, 5.41) is 21.0. The van der Waals surface area contributed by atoms with Gasteiger partial charge in [-0.2, -0.15) is 26.3 Å². The zero-order chi connectivity index (χ0) is 25.9. The molecule has 0 radical (unpaired) electrons. The molecule has 0 aliphatic carbocycles. The van der Waals surface area contributed by atoms with Crippen molar-refractivity contribution in [1.82, 2.24) is 0 Å². The van der Waals surface area contributed by atoms with Gasteiger partial charge in [-0.1, -0.05) is 31.2 Å². The number of alkyl halides is 6. The molecule has 0 spiro atoms. The van der Waals surface area contributed by atoms with E-state index in [-0.39, 0.29) is 22.8 Å². The molecule has 0 bridgehead atoms. The average molecular weight is 513 g/mol. The molecular weight excluding hydrogens is 492 g/mol. The Bertz CT molecular complexity index is 1080. The van der Waals surface area contributed by atoms with Gasteiger partial charge in [-0.15, -0.1) is 0 Å². The number of carbonyl (C=O) groups excluding carboxylic acids is 1. The zero-order valence-electron chi connectivity index (χ0n) is 17.6. The molecule has 0 aliphatic rings. The molecule has 0 saturated carbocycles. The first-order valence-electron chi connectivity index (χ1n) is 9.79. The van der Waals surface area contributed by atoms with Crippen molar-refractivity contribution in [3.05, 3.63) is 59.7 Å².